The van der Waals surface area contributed by atoms with Gasteiger partial charge in [0.15, 0.2) is 11.6 Å². The summed E-state index contributed by atoms with van der Waals surface area (Å²) in [6.07, 6.45) is 0.348. The Morgan fingerprint density at radius 3 is 2.77 bits per heavy atom. The number of hydrogen-bond acceptors (Lipinski definition) is 7. The van der Waals surface area contributed by atoms with Crippen molar-refractivity contribution in [2.75, 3.05) is 30.4 Å². The van der Waals surface area contributed by atoms with Gasteiger partial charge in [-0.15, -0.1) is 22.6 Å². The molecule has 1 aliphatic heterocycles. The molecule has 7 nitrogen and oxygen atoms in total. The molecule has 1 aromatic heterocycles. The molecule has 1 fully saturated rings. The Kier molecular flexibility index (Phi) is 6.83. The molecule has 1 aliphatic rings. The molecule has 0 aliphatic carbocycles. The first-order valence-corrected chi connectivity index (χ1v) is 9.66. The van der Waals surface area contributed by atoms with Gasteiger partial charge < -0.3 is 20.1 Å². The number of aliphatic hydroxyl groups excluding tert-OH is 1. The van der Waals surface area contributed by atoms with E-state index in [1.807, 2.05) is 35.2 Å². The molecule has 1 saturated heterocycles. The lowest BCUT2D eigenvalue weighted by Crippen LogP contribution is -2.23. The maximum atomic E-state index is 9.87. The third-order valence-electron chi connectivity index (χ3n) is 5.03. The van der Waals surface area contributed by atoms with Gasteiger partial charge in [0.2, 0.25) is 0 Å². The SMILES string of the molecule is COc1ccc(CNc2nnc(N3CC[C@H](O)C3)c3ccc(C#N)cc23)cc1Cl.Cl. The summed E-state index contributed by atoms with van der Waals surface area (Å²) in [6.45, 7) is 1.75. The topological polar surface area (TPSA) is 94.3 Å². The fraction of sp³-hybridized carbons (Fsp3) is 0.286. The number of hydrogen-bond donors (Lipinski definition) is 2. The Morgan fingerprint density at radius 1 is 1.27 bits per heavy atom. The zero-order chi connectivity index (χ0) is 20.4. The summed E-state index contributed by atoms with van der Waals surface area (Å²) >= 11 is 6.21. The molecular weight excluding hydrogens is 425 g/mol. The number of anilines is 2. The van der Waals surface area contributed by atoms with E-state index < -0.39 is 0 Å². The monoisotopic (exact) mass is 445 g/mol. The van der Waals surface area contributed by atoms with Crippen LogP contribution >= 0.6 is 24.0 Å². The second-order valence-corrected chi connectivity index (χ2v) is 7.36. The number of nitrogens with zero attached hydrogens (tertiary/aromatic N) is 4. The minimum atomic E-state index is -0.358. The minimum absolute atomic E-state index is 0. The Morgan fingerprint density at radius 2 is 2.10 bits per heavy atom. The van der Waals surface area contributed by atoms with Gasteiger partial charge in [-0.1, -0.05) is 17.7 Å². The minimum Gasteiger partial charge on any atom is -0.495 e. The maximum Gasteiger partial charge on any atom is 0.159 e. The second kappa shape index (κ2) is 9.35. The molecule has 3 aromatic rings. The molecule has 0 saturated carbocycles. The molecule has 0 spiro atoms. The van der Waals surface area contributed by atoms with Crippen LogP contribution in [-0.4, -0.2) is 41.6 Å². The van der Waals surface area contributed by atoms with Crippen molar-refractivity contribution >= 4 is 46.4 Å². The van der Waals surface area contributed by atoms with Crippen LogP contribution < -0.4 is 15.0 Å². The maximum absolute atomic E-state index is 9.87. The number of methoxy groups -OCH3 is 1. The van der Waals surface area contributed by atoms with Gasteiger partial charge in [0.05, 0.1) is 29.9 Å². The van der Waals surface area contributed by atoms with Crippen molar-refractivity contribution in [1.82, 2.24) is 10.2 Å². The van der Waals surface area contributed by atoms with Gasteiger partial charge in [-0.25, -0.2) is 0 Å². The first kappa shape index (κ1) is 21.9. The lowest BCUT2D eigenvalue weighted by Gasteiger charge is -2.19. The largest absolute Gasteiger partial charge is 0.495 e. The summed E-state index contributed by atoms with van der Waals surface area (Å²) in [5.74, 6) is 1.93. The van der Waals surface area contributed by atoms with Gasteiger partial charge in [-0.05, 0) is 42.3 Å². The Bertz CT molecular complexity index is 1100. The lowest BCUT2D eigenvalue weighted by atomic mass is 10.1. The van der Waals surface area contributed by atoms with Crippen LogP contribution in [0.15, 0.2) is 36.4 Å². The van der Waals surface area contributed by atoms with E-state index in [1.165, 1.54) is 0 Å². The van der Waals surface area contributed by atoms with Gasteiger partial charge in [-0.3, -0.25) is 0 Å². The number of benzene rings is 2. The van der Waals surface area contributed by atoms with Crippen LogP contribution in [0.3, 0.4) is 0 Å². The number of nitriles is 1. The van der Waals surface area contributed by atoms with Crippen LogP contribution in [-0.2, 0) is 6.54 Å². The van der Waals surface area contributed by atoms with Crippen LogP contribution in [0.2, 0.25) is 5.02 Å². The summed E-state index contributed by atoms with van der Waals surface area (Å²) in [6, 6.07) is 13.2. The first-order valence-electron chi connectivity index (χ1n) is 9.29. The van der Waals surface area contributed by atoms with Crippen LogP contribution in [0, 0.1) is 11.3 Å². The molecule has 0 amide bonds. The Balaban J connectivity index is 0.00000256. The quantitative estimate of drug-likeness (QED) is 0.616. The predicted molar refractivity (Wildman–Crippen MR) is 120 cm³/mol. The van der Waals surface area contributed by atoms with Gasteiger partial charge in [0.1, 0.15) is 5.75 Å². The normalized spacial score (nSPS) is 15.5. The lowest BCUT2D eigenvalue weighted by molar-refractivity contribution is 0.198. The molecule has 1 atom stereocenters. The van der Waals surface area contributed by atoms with E-state index in [9.17, 15) is 10.4 Å². The molecular formula is C21H21Cl2N5O2. The Labute approximate surface area is 185 Å². The second-order valence-electron chi connectivity index (χ2n) is 6.96. The number of fused-ring (bicyclic) bond motifs is 1. The third kappa shape index (κ3) is 4.36. The highest BCUT2D eigenvalue weighted by atomic mass is 35.5. The highest BCUT2D eigenvalue weighted by molar-refractivity contribution is 6.32. The predicted octanol–water partition coefficient (Wildman–Crippen LogP) is 3.77. The highest BCUT2D eigenvalue weighted by Crippen LogP contribution is 2.32. The molecule has 2 aromatic carbocycles. The first-order chi connectivity index (χ1) is 14.1. The number of β-amino-alcohol motifs (C(OH)–C–C–N with tert-alkyl or cyclic N) is 1. The summed E-state index contributed by atoms with van der Waals surface area (Å²) < 4.78 is 5.19. The summed E-state index contributed by atoms with van der Waals surface area (Å²) in [5.41, 5.74) is 1.52. The molecule has 0 unspecified atom stereocenters. The zero-order valence-corrected chi connectivity index (χ0v) is 17.9. The average Bonchev–Trinajstić information content (AvgIpc) is 3.17. The van der Waals surface area contributed by atoms with E-state index in [1.54, 1.807) is 13.2 Å². The van der Waals surface area contributed by atoms with E-state index in [0.29, 0.717) is 41.7 Å². The number of aliphatic hydroxyl groups is 1. The van der Waals surface area contributed by atoms with Crippen LogP contribution in [0.5, 0.6) is 5.75 Å². The molecule has 156 valence electrons. The zero-order valence-electron chi connectivity index (χ0n) is 16.3. The van der Waals surface area contributed by atoms with Crippen molar-refractivity contribution < 1.29 is 9.84 Å². The van der Waals surface area contributed by atoms with Crippen molar-refractivity contribution in [3.8, 4) is 11.8 Å². The summed E-state index contributed by atoms with van der Waals surface area (Å²) in [5, 5.41) is 33.5. The van der Waals surface area contributed by atoms with Gasteiger partial charge in [-0.2, -0.15) is 5.26 Å². The van der Waals surface area contributed by atoms with Crippen LogP contribution in [0.4, 0.5) is 11.6 Å². The molecule has 2 heterocycles. The van der Waals surface area contributed by atoms with Gasteiger partial charge in [0, 0.05) is 30.4 Å². The van der Waals surface area contributed by atoms with Crippen LogP contribution in [0.25, 0.3) is 10.8 Å². The highest BCUT2D eigenvalue weighted by Gasteiger charge is 2.24. The average molecular weight is 446 g/mol. The molecule has 30 heavy (non-hydrogen) atoms. The molecule has 0 bridgehead atoms. The fourth-order valence-electron chi connectivity index (χ4n) is 3.51. The third-order valence-corrected chi connectivity index (χ3v) is 5.32. The molecule has 2 N–H and O–H groups in total. The number of halogens is 2. The van der Waals surface area contributed by atoms with E-state index in [2.05, 4.69) is 21.6 Å². The number of aromatic nitrogens is 2. The van der Waals surface area contributed by atoms with Crippen molar-refractivity contribution in [1.29, 1.82) is 5.26 Å². The van der Waals surface area contributed by atoms with E-state index in [0.717, 1.165) is 28.7 Å². The number of rotatable bonds is 5. The van der Waals surface area contributed by atoms with Gasteiger partial charge >= 0.3 is 0 Å². The van der Waals surface area contributed by atoms with E-state index in [-0.39, 0.29) is 18.5 Å². The van der Waals surface area contributed by atoms with Gasteiger partial charge in [0.25, 0.3) is 0 Å². The summed E-state index contributed by atoms with van der Waals surface area (Å²) in [7, 11) is 1.58. The van der Waals surface area contributed by atoms with Crippen molar-refractivity contribution in [2.24, 2.45) is 0 Å². The molecule has 4 rings (SSSR count). The number of ether oxygens (including phenoxy) is 1. The molecule has 9 heteroatoms. The van der Waals surface area contributed by atoms with Crippen LogP contribution in [0.1, 0.15) is 17.5 Å². The van der Waals surface area contributed by atoms with E-state index in [4.69, 9.17) is 16.3 Å². The van der Waals surface area contributed by atoms with Crippen molar-refractivity contribution in [2.45, 2.75) is 19.1 Å². The Hall–Kier alpha value is -2.79. The number of nitrogens with one attached hydrogen (secondary N) is 1. The smallest absolute Gasteiger partial charge is 0.159 e. The van der Waals surface area contributed by atoms with E-state index >= 15 is 0 Å². The summed E-state index contributed by atoms with van der Waals surface area (Å²) in [4.78, 5) is 2.03. The van der Waals surface area contributed by atoms with Crippen molar-refractivity contribution in [3.63, 3.8) is 0 Å². The molecule has 0 radical (unpaired) electrons. The fourth-order valence-corrected chi connectivity index (χ4v) is 3.79. The van der Waals surface area contributed by atoms with Crippen molar-refractivity contribution in [3.05, 3.63) is 52.5 Å². The standard InChI is InChI=1S/C21H20ClN5O2.ClH/c1-29-19-5-3-14(9-18(19)22)11-24-20-17-8-13(10-23)2-4-16(17)21(26-25-20)27-7-6-15(28)12-27;/h2-5,8-9,15,28H,6-7,11-12H2,1H3,(H,24,25);1H/t15-;/m0./s1.